The number of hydrogen-bond acceptors (Lipinski definition) is 3. The van der Waals surface area contributed by atoms with Crippen LogP contribution in [0.4, 0.5) is 36.8 Å². The van der Waals surface area contributed by atoms with Gasteiger partial charge in [-0.15, -0.1) is 0 Å². The summed E-state index contributed by atoms with van der Waals surface area (Å²) in [7, 11) is 0. The zero-order valence-electron chi connectivity index (χ0n) is 13.6. The summed E-state index contributed by atoms with van der Waals surface area (Å²) >= 11 is 0. The molecule has 1 aliphatic rings. The molecule has 2 aromatic rings. The molecule has 3 rings (SSSR count). The molecule has 1 heterocycles. The number of rotatable bonds is 3. The summed E-state index contributed by atoms with van der Waals surface area (Å²) in [6.45, 7) is -0.248. The summed E-state index contributed by atoms with van der Waals surface area (Å²) in [5.74, 6) is -15.0. The summed E-state index contributed by atoms with van der Waals surface area (Å²) in [6.07, 6.45) is -0.180. The summed E-state index contributed by atoms with van der Waals surface area (Å²) in [4.78, 5) is 36.1. The number of halogens is 6. The van der Waals surface area contributed by atoms with Crippen molar-refractivity contribution < 1.29 is 40.7 Å². The SMILES string of the molecule is O=C1CCN(c2cc(C(=O)c3c(F)c(F)c(F)c(F)c3F)ccc2F)C(=O)N1. The Morgan fingerprint density at radius 1 is 0.893 bits per heavy atom. The zero-order valence-corrected chi connectivity index (χ0v) is 13.6. The van der Waals surface area contributed by atoms with E-state index in [1.54, 1.807) is 0 Å². The number of nitrogens with zero attached hydrogens (tertiary/aromatic N) is 1. The van der Waals surface area contributed by atoms with Gasteiger partial charge in [0.05, 0.1) is 5.69 Å². The van der Waals surface area contributed by atoms with E-state index < -0.39 is 69.4 Å². The fraction of sp³-hybridized carbons (Fsp3) is 0.118. The second kappa shape index (κ2) is 6.98. The highest BCUT2D eigenvalue weighted by molar-refractivity contribution is 6.11. The molecule has 2 aromatic carbocycles. The van der Waals surface area contributed by atoms with Gasteiger partial charge in [0.1, 0.15) is 11.4 Å². The van der Waals surface area contributed by atoms with Gasteiger partial charge < -0.3 is 0 Å². The van der Waals surface area contributed by atoms with Crippen LogP contribution in [0.15, 0.2) is 18.2 Å². The predicted molar refractivity (Wildman–Crippen MR) is 81.6 cm³/mol. The number of hydrogen-bond donors (Lipinski definition) is 1. The van der Waals surface area contributed by atoms with E-state index in [1.165, 1.54) is 0 Å². The van der Waals surface area contributed by atoms with E-state index >= 15 is 0 Å². The van der Waals surface area contributed by atoms with Crippen molar-refractivity contribution in [3.63, 3.8) is 0 Å². The smallest absolute Gasteiger partial charge is 0.291 e. The van der Waals surface area contributed by atoms with Crippen LogP contribution in [0.2, 0.25) is 0 Å². The Morgan fingerprint density at radius 3 is 2.04 bits per heavy atom. The molecule has 1 saturated heterocycles. The van der Waals surface area contributed by atoms with Crippen LogP contribution in [-0.4, -0.2) is 24.3 Å². The first-order valence-corrected chi connectivity index (χ1v) is 7.60. The molecule has 28 heavy (non-hydrogen) atoms. The maximum atomic E-state index is 14.1. The Balaban J connectivity index is 2.08. The molecule has 0 aromatic heterocycles. The fourth-order valence-corrected chi connectivity index (χ4v) is 2.60. The number of carbonyl (C=O) groups excluding carboxylic acids is 3. The molecular weight excluding hydrogens is 394 g/mol. The third-order valence-corrected chi connectivity index (χ3v) is 3.99. The van der Waals surface area contributed by atoms with E-state index in [0.29, 0.717) is 12.1 Å². The number of nitrogens with one attached hydrogen (secondary N) is 1. The summed E-state index contributed by atoms with van der Waals surface area (Å²) in [5.41, 5.74) is -2.86. The molecule has 0 unspecified atom stereocenters. The van der Waals surface area contributed by atoms with Crippen LogP contribution in [0.3, 0.4) is 0 Å². The highest BCUT2D eigenvalue weighted by Gasteiger charge is 2.32. The Labute approximate surface area is 152 Å². The van der Waals surface area contributed by atoms with Gasteiger partial charge in [0, 0.05) is 18.5 Å². The topological polar surface area (TPSA) is 66.5 Å². The quantitative estimate of drug-likeness (QED) is 0.371. The second-order valence-corrected chi connectivity index (χ2v) is 5.70. The Morgan fingerprint density at radius 2 is 1.46 bits per heavy atom. The fourth-order valence-electron chi connectivity index (χ4n) is 2.60. The summed E-state index contributed by atoms with van der Waals surface area (Å²) in [6, 6.07) is 1.14. The molecule has 1 fully saturated rings. The van der Waals surface area contributed by atoms with Crippen molar-refractivity contribution in [1.82, 2.24) is 5.32 Å². The molecular formula is C17H8F6N2O3. The lowest BCUT2D eigenvalue weighted by Crippen LogP contribution is -2.49. The van der Waals surface area contributed by atoms with E-state index in [9.17, 15) is 40.7 Å². The zero-order chi connectivity index (χ0) is 20.7. The number of urea groups is 1. The molecule has 0 saturated carbocycles. The van der Waals surface area contributed by atoms with Crippen LogP contribution < -0.4 is 10.2 Å². The molecule has 0 aliphatic carbocycles. The maximum absolute atomic E-state index is 14.1. The average molecular weight is 402 g/mol. The largest absolute Gasteiger partial charge is 0.328 e. The standard InChI is InChI=1S/C17H8F6N2O3/c18-7-2-1-6(5-8(7)25-4-3-9(26)24-17(25)28)16(27)10-11(19)13(21)15(23)14(22)12(10)20/h1-2,5H,3-4H2,(H,24,26,28). The number of benzene rings is 2. The van der Waals surface area contributed by atoms with Crippen LogP contribution in [-0.2, 0) is 4.79 Å². The predicted octanol–water partition coefficient (Wildman–Crippen LogP) is 3.20. The van der Waals surface area contributed by atoms with Gasteiger partial charge in [-0.05, 0) is 18.2 Å². The van der Waals surface area contributed by atoms with E-state index in [0.717, 1.165) is 11.0 Å². The molecule has 1 aliphatic heterocycles. The van der Waals surface area contributed by atoms with E-state index in [1.807, 2.05) is 5.32 Å². The molecule has 0 spiro atoms. The molecule has 0 radical (unpaired) electrons. The number of carbonyl (C=O) groups is 3. The van der Waals surface area contributed by atoms with Gasteiger partial charge in [-0.1, -0.05) is 0 Å². The number of imide groups is 1. The molecule has 3 amide bonds. The molecule has 11 heteroatoms. The van der Waals surface area contributed by atoms with Crippen molar-refractivity contribution in [3.05, 3.63) is 64.2 Å². The minimum atomic E-state index is -2.43. The number of amides is 3. The van der Waals surface area contributed by atoms with Crippen LogP contribution >= 0.6 is 0 Å². The number of ketones is 1. The van der Waals surface area contributed by atoms with Crippen molar-refractivity contribution in [2.45, 2.75) is 6.42 Å². The van der Waals surface area contributed by atoms with Gasteiger partial charge >= 0.3 is 6.03 Å². The van der Waals surface area contributed by atoms with Crippen molar-refractivity contribution in [2.24, 2.45) is 0 Å². The lowest BCUT2D eigenvalue weighted by atomic mass is 10.0. The van der Waals surface area contributed by atoms with Crippen molar-refractivity contribution in [3.8, 4) is 0 Å². The van der Waals surface area contributed by atoms with Crippen molar-refractivity contribution in [2.75, 3.05) is 11.4 Å². The van der Waals surface area contributed by atoms with Gasteiger partial charge in [-0.25, -0.2) is 31.1 Å². The summed E-state index contributed by atoms with van der Waals surface area (Å²) in [5, 5.41) is 1.91. The first-order valence-electron chi connectivity index (χ1n) is 7.60. The Bertz CT molecular complexity index is 1010. The van der Waals surface area contributed by atoms with E-state index in [-0.39, 0.29) is 13.0 Å². The first-order chi connectivity index (χ1) is 13.1. The highest BCUT2D eigenvalue weighted by Crippen LogP contribution is 2.28. The van der Waals surface area contributed by atoms with Crippen molar-refractivity contribution >= 4 is 23.4 Å². The van der Waals surface area contributed by atoms with Gasteiger partial charge in [0.2, 0.25) is 11.7 Å². The first kappa shape index (κ1) is 19.4. The second-order valence-electron chi connectivity index (χ2n) is 5.70. The van der Waals surface area contributed by atoms with Crippen LogP contribution in [0.1, 0.15) is 22.3 Å². The van der Waals surface area contributed by atoms with Gasteiger partial charge in [-0.2, -0.15) is 0 Å². The van der Waals surface area contributed by atoms with E-state index in [2.05, 4.69) is 0 Å². The minimum absolute atomic E-state index is 0.180. The molecule has 5 nitrogen and oxygen atoms in total. The van der Waals surface area contributed by atoms with Crippen LogP contribution in [0.25, 0.3) is 0 Å². The summed E-state index contributed by atoms with van der Waals surface area (Å²) < 4.78 is 81.6. The van der Waals surface area contributed by atoms with Crippen LogP contribution in [0, 0.1) is 34.9 Å². The number of anilines is 1. The van der Waals surface area contributed by atoms with Gasteiger partial charge in [0.25, 0.3) is 0 Å². The highest BCUT2D eigenvalue weighted by atomic mass is 19.2. The minimum Gasteiger partial charge on any atom is -0.291 e. The average Bonchev–Trinajstić information content (AvgIpc) is 2.65. The van der Waals surface area contributed by atoms with Crippen LogP contribution in [0.5, 0.6) is 0 Å². The third kappa shape index (κ3) is 3.08. The normalized spacial score (nSPS) is 14.3. The molecule has 0 atom stereocenters. The van der Waals surface area contributed by atoms with E-state index in [4.69, 9.17) is 0 Å². The lowest BCUT2D eigenvalue weighted by Gasteiger charge is -2.27. The lowest BCUT2D eigenvalue weighted by molar-refractivity contribution is -0.120. The third-order valence-electron chi connectivity index (χ3n) is 3.99. The molecule has 0 bridgehead atoms. The van der Waals surface area contributed by atoms with Gasteiger partial charge in [-0.3, -0.25) is 19.8 Å². The maximum Gasteiger partial charge on any atom is 0.328 e. The monoisotopic (exact) mass is 402 g/mol. The molecule has 1 N–H and O–H groups in total. The molecule has 146 valence electrons. The van der Waals surface area contributed by atoms with Gasteiger partial charge in [0.15, 0.2) is 29.1 Å². The Kier molecular flexibility index (Phi) is 4.84. The Hall–Kier alpha value is -3.37. The van der Waals surface area contributed by atoms with Crippen molar-refractivity contribution in [1.29, 1.82) is 0 Å².